The molecule has 1 aromatic carbocycles. The summed E-state index contributed by atoms with van der Waals surface area (Å²) in [5, 5.41) is 9.19. The molecule has 1 rings (SSSR count). The van der Waals surface area contributed by atoms with Crippen molar-refractivity contribution in [1.82, 2.24) is 4.90 Å². The molecule has 0 fully saturated rings. The van der Waals surface area contributed by atoms with Gasteiger partial charge < -0.3 is 15.7 Å². The molecular weight excluding hydrogens is 228 g/mol. The lowest BCUT2D eigenvalue weighted by molar-refractivity contribution is 0.137. The second-order valence-electron chi connectivity index (χ2n) is 5.04. The average Bonchev–Trinajstić information content (AvgIpc) is 2.28. The fraction of sp³-hybridized carbons (Fsp3) is 0.500. The van der Waals surface area contributed by atoms with E-state index in [1.807, 2.05) is 30.3 Å². The van der Waals surface area contributed by atoms with Crippen LogP contribution in [0.4, 0.5) is 4.79 Å². The third kappa shape index (κ3) is 5.19. The molecule has 1 atom stereocenters. The van der Waals surface area contributed by atoms with Crippen LogP contribution in [0, 0.1) is 5.92 Å². The summed E-state index contributed by atoms with van der Waals surface area (Å²) in [5.74, 6) is 0.479. The minimum Gasteiger partial charge on any atom is -0.465 e. The van der Waals surface area contributed by atoms with Crippen LogP contribution >= 0.6 is 0 Å². The van der Waals surface area contributed by atoms with Crippen LogP contribution < -0.4 is 5.73 Å². The molecule has 3 N–H and O–H groups in total. The van der Waals surface area contributed by atoms with Gasteiger partial charge in [0.25, 0.3) is 0 Å². The van der Waals surface area contributed by atoms with Gasteiger partial charge in [0.2, 0.25) is 0 Å². The van der Waals surface area contributed by atoms with Crippen molar-refractivity contribution in [1.29, 1.82) is 0 Å². The molecule has 0 radical (unpaired) electrons. The van der Waals surface area contributed by atoms with E-state index >= 15 is 0 Å². The lowest BCUT2D eigenvalue weighted by Gasteiger charge is -2.24. The molecule has 0 bridgehead atoms. The molecule has 0 aliphatic rings. The van der Waals surface area contributed by atoms with E-state index in [0.717, 1.165) is 12.0 Å². The van der Waals surface area contributed by atoms with E-state index in [1.165, 1.54) is 4.90 Å². The third-order valence-corrected chi connectivity index (χ3v) is 2.72. The third-order valence-electron chi connectivity index (χ3n) is 2.72. The zero-order valence-corrected chi connectivity index (χ0v) is 11.0. The summed E-state index contributed by atoms with van der Waals surface area (Å²) in [5.41, 5.74) is 6.94. The Bertz CT molecular complexity index is 365. The van der Waals surface area contributed by atoms with Crippen LogP contribution in [0.3, 0.4) is 0 Å². The van der Waals surface area contributed by atoms with E-state index in [0.29, 0.717) is 19.0 Å². The minimum atomic E-state index is -0.918. The number of amides is 1. The van der Waals surface area contributed by atoms with Gasteiger partial charge in [0.05, 0.1) is 0 Å². The van der Waals surface area contributed by atoms with E-state index in [-0.39, 0.29) is 6.04 Å². The van der Waals surface area contributed by atoms with Crippen LogP contribution in [0.1, 0.15) is 25.8 Å². The molecule has 4 nitrogen and oxygen atoms in total. The fourth-order valence-electron chi connectivity index (χ4n) is 1.98. The van der Waals surface area contributed by atoms with Crippen molar-refractivity contribution in [2.24, 2.45) is 11.7 Å². The Balaban J connectivity index is 2.58. The number of carboxylic acid groups (broad SMARTS) is 1. The monoisotopic (exact) mass is 250 g/mol. The molecule has 0 saturated carbocycles. The zero-order chi connectivity index (χ0) is 13.5. The zero-order valence-electron chi connectivity index (χ0n) is 11.0. The maximum atomic E-state index is 11.2. The topological polar surface area (TPSA) is 66.6 Å². The van der Waals surface area contributed by atoms with Crippen LogP contribution in [0.2, 0.25) is 0 Å². The summed E-state index contributed by atoms with van der Waals surface area (Å²) in [6.07, 6.45) is -0.0865. The van der Waals surface area contributed by atoms with Gasteiger partial charge >= 0.3 is 6.09 Å². The highest BCUT2D eigenvalue weighted by Gasteiger charge is 2.16. The quantitative estimate of drug-likeness (QED) is 0.815. The Morgan fingerprint density at radius 1 is 1.33 bits per heavy atom. The van der Waals surface area contributed by atoms with Gasteiger partial charge in [-0.05, 0) is 17.9 Å². The number of nitrogens with zero attached hydrogens (tertiary/aromatic N) is 1. The van der Waals surface area contributed by atoms with Gasteiger partial charge in [0.1, 0.15) is 0 Å². The van der Waals surface area contributed by atoms with Gasteiger partial charge in [-0.3, -0.25) is 0 Å². The molecule has 0 heterocycles. The number of rotatable bonds is 6. The number of hydrogen-bond acceptors (Lipinski definition) is 2. The second-order valence-corrected chi connectivity index (χ2v) is 5.04. The van der Waals surface area contributed by atoms with Gasteiger partial charge in [-0.15, -0.1) is 0 Å². The number of hydrogen-bond donors (Lipinski definition) is 2. The highest BCUT2D eigenvalue weighted by Crippen LogP contribution is 2.08. The van der Waals surface area contributed by atoms with Crippen LogP contribution in [-0.4, -0.2) is 28.7 Å². The second kappa shape index (κ2) is 7.01. The molecule has 0 aliphatic carbocycles. The predicted molar refractivity (Wildman–Crippen MR) is 72.3 cm³/mol. The van der Waals surface area contributed by atoms with Crippen LogP contribution in [0.25, 0.3) is 0 Å². The van der Waals surface area contributed by atoms with Gasteiger partial charge in [-0.1, -0.05) is 44.2 Å². The Morgan fingerprint density at radius 2 is 1.94 bits per heavy atom. The Morgan fingerprint density at radius 3 is 2.44 bits per heavy atom. The molecule has 0 spiro atoms. The summed E-state index contributed by atoms with van der Waals surface area (Å²) in [7, 11) is 0. The molecule has 1 amide bonds. The van der Waals surface area contributed by atoms with E-state index < -0.39 is 6.09 Å². The Kier molecular flexibility index (Phi) is 5.65. The number of benzene rings is 1. The fourth-order valence-corrected chi connectivity index (χ4v) is 1.98. The molecule has 0 unspecified atom stereocenters. The number of nitrogens with two attached hydrogens (primary N) is 1. The van der Waals surface area contributed by atoms with Crippen molar-refractivity contribution >= 4 is 6.09 Å². The van der Waals surface area contributed by atoms with Gasteiger partial charge in [0.15, 0.2) is 0 Å². The predicted octanol–water partition coefficient (Wildman–Crippen LogP) is 2.54. The normalized spacial score (nSPS) is 12.4. The van der Waals surface area contributed by atoms with E-state index in [9.17, 15) is 9.90 Å². The van der Waals surface area contributed by atoms with Crippen molar-refractivity contribution in [3.63, 3.8) is 0 Å². The maximum Gasteiger partial charge on any atom is 0.407 e. The van der Waals surface area contributed by atoms with Crippen molar-refractivity contribution in [3.8, 4) is 0 Å². The van der Waals surface area contributed by atoms with E-state index in [4.69, 9.17) is 5.73 Å². The average molecular weight is 250 g/mol. The van der Waals surface area contributed by atoms with Gasteiger partial charge in [-0.25, -0.2) is 4.79 Å². The summed E-state index contributed by atoms with van der Waals surface area (Å²) in [6.45, 7) is 4.94. The SMILES string of the molecule is CC(C)C[C@H](N)CN(Cc1ccccc1)C(=O)O. The molecule has 0 aromatic heterocycles. The first-order valence-electron chi connectivity index (χ1n) is 6.26. The molecule has 0 saturated heterocycles. The van der Waals surface area contributed by atoms with Crippen molar-refractivity contribution in [3.05, 3.63) is 35.9 Å². The first kappa shape index (κ1) is 14.5. The van der Waals surface area contributed by atoms with Crippen molar-refractivity contribution in [2.75, 3.05) is 6.54 Å². The summed E-state index contributed by atoms with van der Waals surface area (Å²) >= 11 is 0. The molecule has 1 aromatic rings. The maximum absolute atomic E-state index is 11.2. The van der Waals surface area contributed by atoms with Crippen LogP contribution in [0.5, 0.6) is 0 Å². The highest BCUT2D eigenvalue weighted by atomic mass is 16.4. The standard InChI is InChI=1S/C14H22N2O2/c1-11(2)8-13(15)10-16(14(17)18)9-12-6-4-3-5-7-12/h3-7,11,13H,8-10,15H2,1-2H3,(H,17,18)/t13-/m0/s1. The molecular formula is C14H22N2O2. The molecule has 100 valence electrons. The summed E-state index contributed by atoms with van der Waals surface area (Å²) in [4.78, 5) is 12.6. The first-order chi connectivity index (χ1) is 8.49. The highest BCUT2D eigenvalue weighted by molar-refractivity contribution is 5.65. The van der Waals surface area contributed by atoms with Crippen LogP contribution in [0.15, 0.2) is 30.3 Å². The van der Waals surface area contributed by atoms with Crippen molar-refractivity contribution < 1.29 is 9.90 Å². The van der Waals surface area contributed by atoms with Gasteiger partial charge in [-0.2, -0.15) is 0 Å². The van der Waals surface area contributed by atoms with Crippen molar-refractivity contribution in [2.45, 2.75) is 32.9 Å². The Hall–Kier alpha value is -1.55. The van der Waals surface area contributed by atoms with E-state index in [1.54, 1.807) is 0 Å². The largest absolute Gasteiger partial charge is 0.465 e. The summed E-state index contributed by atoms with van der Waals surface area (Å²) < 4.78 is 0. The van der Waals surface area contributed by atoms with Crippen LogP contribution in [-0.2, 0) is 6.54 Å². The summed E-state index contributed by atoms with van der Waals surface area (Å²) in [6, 6.07) is 9.46. The number of carbonyl (C=O) groups is 1. The molecule has 18 heavy (non-hydrogen) atoms. The smallest absolute Gasteiger partial charge is 0.407 e. The minimum absolute atomic E-state index is 0.107. The van der Waals surface area contributed by atoms with E-state index in [2.05, 4.69) is 13.8 Å². The molecule has 4 heteroatoms. The first-order valence-corrected chi connectivity index (χ1v) is 6.26. The molecule has 0 aliphatic heterocycles. The lowest BCUT2D eigenvalue weighted by Crippen LogP contribution is -2.40. The van der Waals surface area contributed by atoms with Gasteiger partial charge in [0, 0.05) is 19.1 Å². The lowest BCUT2D eigenvalue weighted by atomic mass is 10.0. The Labute approximate surface area is 108 Å².